The predicted molar refractivity (Wildman–Crippen MR) is 74.5 cm³/mol. The van der Waals surface area contributed by atoms with Crippen LogP contribution >= 0.6 is 0 Å². The van der Waals surface area contributed by atoms with Crippen molar-refractivity contribution in [2.75, 3.05) is 13.2 Å². The maximum absolute atomic E-state index is 13.7. The number of aliphatic hydroxyl groups is 1. The van der Waals surface area contributed by atoms with Crippen LogP contribution in [0.15, 0.2) is 18.2 Å². The summed E-state index contributed by atoms with van der Waals surface area (Å²) in [6, 6.07) is 4.70. The van der Waals surface area contributed by atoms with Crippen LogP contribution in [0.1, 0.15) is 38.7 Å². The van der Waals surface area contributed by atoms with Gasteiger partial charge in [0.2, 0.25) is 0 Å². The van der Waals surface area contributed by atoms with Gasteiger partial charge in [0, 0.05) is 12.5 Å². The lowest BCUT2D eigenvalue weighted by Gasteiger charge is -2.12. The fraction of sp³-hybridized carbons (Fsp3) is 0.500. The molecule has 0 aliphatic rings. The molecule has 19 heavy (non-hydrogen) atoms. The maximum Gasteiger partial charge on any atom is 0.142 e. The lowest BCUT2D eigenvalue weighted by atomic mass is 10.1. The zero-order valence-corrected chi connectivity index (χ0v) is 11.6. The van der Waals surface area contributed by atoms with E-state index in [0.717, 1.165) is 12.8 Å². The van der Waals surface area contributed by atoms with Gasteiger partial charge in [-0.25, -0.2) is 4.39 Å². The van der Waals surface area contributed by atoms with Crippen LogP contribution in [-0.4, -0.2) is 18.3 Å². The molecular weight excluding hydrogens is 243 g/mol. The van der Waals surface area contributed by atoms with Gasteiger partial charge in [0.05, 0.1) is 18.8 Å². The Hall–Kier alpha value is -1.53. The molecule has 0 saturated heterocycles. The van der Waals surface area contributed by atoms with E-state index in [4.69, 9.17) is 9.84 Å². The summed E-state index contributed by atoms with van der Waals surface area (Å²) in [5.74, 6) is 6.01. The highest BCUT2D eigenvalue weighted by molar-refractivity contribution is 5.39. The van der Waals surface area contributed by atoms with Crippen molar-refractivity contribution in [2.45, 2.75) is 33.1 Å². The number of ether oxygens (including phenoxy) is 1. The quantitative estimate of drug-likeness (QED) is 0.798. The van der Waals surface area contributed by atoms with Gasteiger partial charge in [-0.1, -0.05) is 32.1 Å². The molecule has 1 rings (SSSR count). The molecule has 0 fully saturated rings. The lowest BCUT2D eigenvalue weighted by Crippen LogP contribution is -2.08. The molecule has 0 heterocycles. The van der Waals surface area contributed by atoms with Crippen LogP contribution in [-0.2, 0) is 0 Å². The first-order valence-corrected chi connectivity index (χ1v) is 6.69. The average molecular weight is 264 g/mol. The Kier molecular flexibility index (Phi) is 6.99. The van der Waals surface area contributed by atoms with Crippen molar-refractivity contribution in [1.29, 1.82) is 0 Å². The van der Waals surface area contributed by atoms with Gasteiger partial charge in [-0.05, 0) is 24.5 Å². The molecule has 0 aliphatic heterocycles. The maximum atomic E-state index is 13.7. The molecular formula is C16H21FO2. The normalized spacial score (nSPS) is 11.6. The van der Waals surface area contributed by atoms with Gasteiger partial charge in [-0.15, -0.1) is 0 Å². The number of rotatable bonds is 6. The van der Waals surface area contributed by atoms with E-state index in [-0.39, 0.29) is 12.4 Å². The Labute approximate surface area is 114 Å². The summed E-state index contributed by atoms with van der Waals surface area (Å²) >= 11 is 0. The van der Waals surface area contributed by atoms with Gasteiger partial charge in [-0.3, -0.25) is 0 Å². The standard InChI is InChI=1S/C16H21FO2/c1-3-6-13(2)12-19-15-9-8-14(16(17)11-15)7-4-5-10-18/h8-9,11,13,18H,3,5-6,10,12H2,1-2H3. The highest BCUT2D eigenvalue weighted by Crippen LogP contribution is 2.17. The Morgan fingerprint density at radius 2 is 2.21 bits per heavy atom. The Balaban J connectivity index is 2.59. The molecule has 0 bridgehead atoms. The number of benzene rings is 1. The Morgan fingerprint density at radius 3 is 2.84 bits per heavy atom. The number of hydrogen-bond acceptors (Lipinski definition) is 2. The van der Waals surface area contributed by atoms with Crippen molar-refractivity contribution >= 4 is 0 Å². The topological polar surface area (TPSA) is 29.5 Å². The zero-order chi connectivity index (χ0) is 14.1. The summed E-state index contributed by atoms with van der Waals surface area (Å²) in [6.07, 6.45) is 2.58. The average Bonchev–Trinajstić information content (AvgIpc) is 2.39. The van der Waals surface area contributed by atoms with Gasteiger partial charge in [0.15, 0.2) is 0 Å². The first-order chi connectivity index (χ1) is 9.17. The molecule has 0 spiro atoms. The van der Waals surface area contributed by atoms with Crippen molar-refractivity contribution in [3.8, 4) is 17.6 Å². The summed E-state index contributed by atoms with van der Waals surface area (Å²) in [6.45, 7) is 4.85. The third-order valence-corrected chi connectivity index (χ3v) is 2.72. The molecule has 0 aliphatic carbocycles. The third-order valence-electron chi connectivity index (χ3n) is 2.72. The van der Waals surface area contributed by atoms with Gasteiger partial charge >= 0.3 is 0 Å². The number of halogens is 1. The smallest absolute Gasteiger partial charge is 0.142 e. The van der Waals surface area contributed by atoms with Crippen LogP contribution in [0, 0.1) is 23.6 Å². The van der Waals surface area contributed by atoms with E-state index in [2.05, 4.69) is 25.7 Å². The minimum Gasteiger partial charge on any atom is -0.493 e. The van der Waals surface area contributed by atoms with Gasteiger partial charge in [0.1, 0.15) is 11.6 Å². The molecule has 0 aromatic heterocycles. The number of aliphatic hydroxyl groups excluding tert-OH is 1. The van der Waals surface area contributed by atoms with E-state index in [1.54, 1.807) is 12.1 Å². The number of hydrogen-bond donors (Lipinski definition) is 1. The molecule has 1 unspecified atom stereocenters. The second-order valence-electron chi connectivity index (χ2n) is 4.62. The first kappa shape index (κ1) is 15.5. The van der Waals surface area contributed by atoms with Gasteiger partial charge in [0.25, 0.3) is 0 Å². The second kappa shape index (κ2) is 8.55. The Bertz CT molecular complexity index is 446. The van der Waals surface area contributed by atoms with Gasteiger partial charge < -0.3 is 9.84 Å². The summed E-state index contributed by atoms with van der Waals surface area (Å²) in [5.41, 5.74) is 0.336. The van der Waals surface area contributed by atoms with Crippen LogP contribution in [0.5, 0.6) is 5.75 Å². The minimum absolute atomic E-state index is 0.00880. The predicted octanol–water partition coefficient (Wildman–Crippen LogP) is 3.37. The van der Waals surface area contributed by atoms with Crippen LogP contribution in [0.4, 0.5) is 4.39 Å². The highest BCUT2D eigenvalue weighted by atomic mass is 19.1. The molecule has 1 aromatic carbocycles. The second-order valence-corrected chi connectivity index (χ2v) is 4.62. The fourth-order valence-electron chi connectivity index (χ4n) is 1.72. The van der Waals surface area contributed by atoms with Crippen LogP contribution < -0.4 is 4.74 Å². The highest BCUT2D eigenvalue weighted by Gasteiger charge is 2.05. The molecule has 2 nitrogen and oxygen atoms in total. The summed E-state index contributed by atoms with van der Waals surface area (Å²) in [7, 11) is 0. The van der Waals surface area contributed by atoms with Crippen molar-refractivity contribution in [2.24, 2.45) is 5.92 Å². The summed E-state index contributed by atoms with van der Waals surface area (Å²) < 4.78 is 19.3. The molecule has 3 heteroatoms. The van der Waals surface area contributed by atoms with Gasteiger partial charge in [-0.2, -0.15) is 0 Å². The summed E-state index contributed by atoms with van der Waals surface area (Å²) in [5, 5.41) is 8.61. The van der Waals surface area contributed by atoms with Crippen molar-refractivity contribution in [1.82, 2.24) is 0 Å². The van der Waals surface area contributed by atoms with E-state index in [9.17, 15) is 4.39 Å². The SMILES string of the molecule is CCCC(C)COc1ccc(C#CCCO)c(F)c1. The molecule has 0 radical (unpaired) electrons. The molecule has 1 aromatic rings. The fourth-order valence-corrected chi connectivity index (χ4v) is 1.72. The first-order valence-electron chi connectivity index (χ1n) is 6.69. The van der Waals surface area contributed by atoms with Crippen molar-refractivity contribution in [3.63, 3.8) is 0 Å². The zero-order valence-electron chi connectivity index (χ0n) is 11.6. The molecule has 0 amide bonds. The summed E-state index contributed by atoms with van der Waals surface area (Å²) in [4.78, 5) is 0. The molecule has 104 valence electrons. The van der Waals surface area contributed by atoms with E-state index < -0.39 is 0 Å². The van der Waals surface area contributed by atoms with E-state index >= 15 is 0 Å². The molecule has 0 saturated carbocycles. The van der Waals surface area contributed by atoms with E-state index in [0.29, 0.717) is 30.3 Å². The van der Waals surface area contributed by atoms with E-state index in [1.807, 2.05) is 0 Å². The van der Waals surface area contributed by atoms with Crippen LogP contribution in [0.2, 0.25) is 0 Å². The minimum atomic E-state index is -0.383. The third kappa shape index (κ3) is 5.76. The van der Waals surface area contributed by atoms with Crippen LogP contribution in [0.25, 0.3) is 0 Å². The largest absolute Gasteiger partial charge is 0.493 e. The Morgan fingerprint density at radius 1 is 1.42 bits per heavy atom. The molecule has 1 N–H and O–H groups in total. The van der Waals surface area contributed by atoms with Crippen LogP contribution in [0.3, 0.4) is 0 Å². The van der Waals surface area contributed by atoms with E-state index in [1.165, 1.54) is 6.07 Å². The monoisotopic (exact) mass is 264 g/mol. The molecule has 1 atom stereocenters. The lowest BCUT2D eigenvalue weighted by molar-refractivity contribution is 0.250. The van der Waals surface area contributed by atoms with Crippen molar-refractivity contribution < 1.29 is 14.2 Å². The van der Waals surface area contributed by atoms with Crippen molar-refractivity contribution in [3.05, 3.63) is 29.6 Å².